The number of hydrogen-bond acceptors (Lipinski definition) is 5. The van der Waals surface area contributed by atoms with E-state index in [1.54, 1.807) is 48.5 Å². The molecule has 1 aliphatic rings. The highest BCUT2D eigenvalue weighted by Crippen LogP contribution is 2.15. The van der Waals surface area contributed by atoms with Gasteiger partial charge >= 0.3 is 0 Å². The third-order valence-corrected chi connectivity index (χ3v) is 6.17. The number of amides is 3. The highest BCUT2D eigenvalue weighted by Gasteiger charge is 2.17. The van der Waals surface area contributed by atoms with Crippen LogP contribution in [0.4, 0.5) is 11.4 Å². The largest absolute Gasteiger partial charge is 0.376 e. The SMILES string of the molecule is CC(NC(=O)c1ccc(NCC(=O)Nc2cccc(C(=O)NCC3CCCO3)c2)cc1)c1ccccc1. The molecule has 4 rings (SSSR count). The van der Waals surface area contributed by atoms with Gasteiger partial charge in [-0.3, -0.25) is 14.4 Å². The smallest absolute Gasteiger partial charge is 0.251 e. The second-order valence-corrected chi connectivity index (χ2v) is 9.01. The molecule has 3 aromatic carbocycles. The topological polar surface area (TPSA) is 109 Å². The van der Waals surface area contributed by atoms with E-state index >= 15 is 0 Å². The first-order chi connectivity index (χ1) is 18.0. The summed E-state index contributed by atoms with van der Waals surface area (Å²) in [7, 11) is 0. The fraction of sp³-hybridized carbons (Fsp3) is 0.276. The summed E-state index contributed by atoms with van der Waals surface area (Å²) < 4.78 is 5.53. The lowest BCUT2D eigenvalue weighted by atomic mass is 10.1. The molecule has 2 atom stereocenters. The van der Waals surface area contributed by atoms with Crippen LogP contribution in [0.15, 0.2) is 78.9 Å². The van der Waals surface area contributed by atoms with E-state index in [-0.39, 0.29) is 36.4 Å². The van der Waals surface area contributed by atoms with Crippen LogP contribution in [0.25, 0.3) is 0 Å². The fourth-order valence-corrected chi connectivity index (χ4v) is 4.08. The Morgan fingerprint density at radius 2 is 1.68 bits per heavy atom. The standard InChI is InChI=1S/C29H32N4O4/c1-20(21-7-3-2-4-8-21)32-29(36)22-12-14-24(15-13-22)30-19-27(34)33-25-10-5-9-23(17-25)28(35)31-18-26-11-6-16-37-26/h2-5,7-10,12-15,17,20,26,30H,6,11,16,18-19H2,1H3,(H,31,35)(H,32,36)(H,33,34). The molecular formula is C29H32N4O4. The molecule has 0 bridgehead atoms. The molecule has 8 heteroatoms. The molecule has 3 aromatic rings. The predicted octanol–water partition coefficient (Wildman–Crippen LogP) is 4.14. The van der Waals surface area contributed by atoms with Gasteiger partial charge in [0, 0.05) is 35.7 Å². The summed E-state index contributed by atoms with van der Waals surface area (Å²) in [4.78, 5) is 37.4. The van der Waals surface area contributed by atoms with Crippen molar-refractivity contribution in [1.82, 2.24) is 10.6 Å². The average molecular weight is 501 g/mol. The molecule has 1 aliphatic heterocycles. The lowest BCUT2D eigenvalue weighted by molar-refractivity contribution is -0.114. The van der Waals surface area contributed by atoms with Crippen molar-refractivity contribution in [1.29, 1.82) is 0 Å². The maximum atomic E-state index is 12.6. The molecule has 2 unspecified atom stereocenters. The van der Waals surface area contributed by atoms with Crippen LogP contribution in [0.2, 0.25) is 0 Å². The van der Waals surface area contributed by atoms with E-state index < -0.39 is 0 Å². The van der Waals surface area contributed by atoms with Gasteiger partial charge in [0.1, 0.15) is 0 Å². The summed E-state index contributed by atoms with van der Waals surface area (Å²) in [6.07, 6.45) is 2.04. The number of carbonyl (C=O) groups is 3. The summed E-state index contributed by atoms with van der Waals surface area (Å²) in [5.41, 5.74) is 3.29. The summed E-state index contributed by atoms with van der Waals surface area (Å²) in [6.45, 7) is 3.19. The predicted molar refractivity (Wildman–Crippen MR) is 144 cm³/mol. The molecule has 0 spiro atoms. The van der Waals surface area contributed by atoms with Gasteiger partial charge in [-0.05, 0) is 67.8 Å². The van der Waals surface area contributed by atoms with Crippen molar-refractivity contribution in [3.8, 4) is 0 Å². The summed E-state index contributed by atoms with van der Waals surface area (Å²) in [5, 5.41) is 11.7. The molecule has 3 amide bonds. The maximum absolute atomic E-state index is 12.6. The van der Waals surface area contributed by atoms with Crippen LogP contribution in [0.1, 0.15) is 52.1 Å². The van der Waals surface area contributed by atoms with Crippen LogP contribution < -0.4 is 21.3 Å². The zero-order chi connectivity index (χ0) is 26.0. The number of anilines is 2. The zero-order valence-electron chi connectivity index (χ0n) is 20.8. The van der Waals surface area contributed by atoms with E-state index in [0.29, 0.717) is 29.0 Å². The van der Waals surface area contributed by atoms with Crippen molar-refractivity contribution in [2.24, 2.45) is 0 Å². The molecule has 8 nitrogen and oxygen atoms in total. The van der Waals surface area contributed by atoms with Crippen molar-refractivity contribution in [2.45, 2.75) is 31.9 Å². The Labute approximate surface area is 216 Å². The Bertz CT molecular complexity index is 1210. The van der Waals surface area contributed by atoms with Crippen LogP contribution in [0.5, 0.6) is 0 Å². The van der Waals surface area contributed by atoms with Gasteiger partial charge in [0.2, 0.25) is 5.91 Å². The van der Waals surface area contributed by atoms with Crippen molar-refractivity contribution in [3.05, 3.63) is 95.6 Å². The number of ether oxygens (including phenoxy) is 1. The second-order valence-electron chi connectivity index (χ2n) is 9.01. The van der Waals surface area contributed by atoms with Gasteiger partial charge in [0.25, 0.3) is 11.8 Å². The zero-order valence-corrected chi connectivity index (χ0v) is 20.8. The van der Waals surface area contributed by atoms with E-state index in [2.05, 4.69) is 21.3 Å². The maximum Gasteiger partial charge on any atom is 0.251 e. The molecular weight excluding hydrogens is 468 g/mol. The van der Waals surface area contributed by atoms with Crippen LogP contribution in [0, 0.1) is 0 Å². The highest BCUT2D eigenvalue weighted by atomic mass is 16.5. The van der Waals surface area contributed by atoms with Crippen molar-refractivity contribution >= 4 is 29.1 Å². The van der Waals surface area contributed by atoms with E-state index in [1.165, 1.54) is 0 Å². The minimum absolute atomic E-state index is 0.0338. The van der Waals surface area contributed by atoms with E-state index in [0.717, 1.165) is 25.0 Å². The molecule has 1 heterocycles. The molecule has 0 radical (unpaired) electrons. The lowest BCUT2D eigenvalue weighted by Crippen LogP contribution is -2.31. The number of rotatable bonds is 10. The Morgan fingerprint density at radius 3 is 2.41 bits per heavy atom. The van der Waals surface area contributed by atoms with Gasteiger partial charge < -0.3 is 26.0 Å². The van der Waals surface area contributed by atoms with Gasteiger partial charge in [-0.25, -0.2) is 0 Å². The summed E-state index contributed by atoms with van der Waals surface area (Å²) in [6, 6.07) is 23.4. The van der Waals surface area contributed by atoms with Crippen molar-refractivity contribution < 1.29 is 19.1 Å². The number of carbonyl (C=O) groups excluding carboxylic acids is 3. The Morgan fingerprint density at radius 1 is 0.892 bits per heavy atom. The lowest BCUT2D eigenvalue weighted by Gasteiger charge is -2.14. The Hall–Kier alpha value is -4.17. The number of nitrogens with one attached hydrogen (secondary N) is 4. The fourth-order valence-electron chi connectivity index (χ4n) is 4.08. The number of benzene rings is 3. The monoisotopic (exact) mass is 500 g/mol. The molecule has 37 heavy (non-hydrogen) atoms. The molecule has 4 N–H and O–H groups in total. The summed E-state index contributed by atoms with van der Waals surface area (Å²) in [5.74, 6) is -0.622. The minimum atomic E-state index is -0.254. The first kappa shape index (κ1) is 25.9. The van der Waals surface area contributed by atoms with Crippen LogP contribution in [0.3, 0.4) is 0 Å². The summed E-state index contributed by atoms with van der Waals surface area (Å²) >= 11 is 0. The van der Waals surface area contributed by atoms with Gasteiger partial charge in [-0.15, -0.1) is 0 Å². The second kappa shape index (κ2) is 12.7. The average Bonchev–Trinajstić information content (AvgIpc) is 3.45. The number of hydrogen-bond donors (Lipinski definition) is 4. The van der Waals surface area contributed by atoms with Gasteiger partial charge in [-0.1, -0.05) is 36.4 Å². The molecule has 192 valence electrons. The van der Waals surface area contributed by atoms with Gasteiger partial charge in [-0.2, -0.15) is 0 Å². The van der Waals surface area contributed by atoms with Crippen molar-refractivity contribution in [2.75, 3.05) is 30.3 Å². The van der Waals surface area contributed by atoms with E-state index in [9.17, 15) is 14.4 Å². The van der Waals surface area contributed by atoms with Crippen molar-refractivity contribution in [3.63, 3.8) is 0 Å². The van der Waals surface area contributed by atoms with Crippen LogP contribution in [-0.2, 0) is 9.53 Å². The Balaban J connectivity index is 1.23. The van der Waals surface area contributed by atoms with Crippen LogP contribution >= 0.6 is 0 Å². The normalized spacial score (nSPS) is 15.4. The minimum Gasteiger partial charge on any atom is -0.376 e. The van der Waals surface area contributed by atoms with Gasteiger partial charge in [0.05, 0.1) is 18.7 Å². The van der Waals surface area contributed by atoms with E-state index in [1.807, 2.05) is 37.3 Å². The molecule has 1 fully saturated rings. The van der Waals surface area contributed by atoms with E-state index in [4.69, 9.17) is 4.74 Å². The molecule has 1 saturated heterocycles. The third-order valence-electron chi connectivity index (χ3n) is 6.17. The van der Waals surface area contributed by atoms with Gasteiger partial charge in [0.15, 0.2) is 0 Å². The first-order valence-corrected chi connectivity index (χ1v) is 12.5. The third kappa shape index (κ3) is 7.65. The molecule has 0 saturated carbocycles. The van der Waals surface area contributed by atoms with Crippen LogP contribution in [-0.4, -0.2) is 43.5 Å². The first-order valence-electron chi connectivity index (χ1n) is 12.5. The highest BCUT2D eigenvalue weighted by molar-refractivity contribution is 5.98. The molecule has 0 aliphatic carbocycles. The molecule has 0 aromatic heterocycles. The quantitative estimate of drug-likeness (QED) is 0.335. The Kier molecular flexibility index (Phi) is 8.89.